The average Bonchev–Trinajstić information content (AvgIpc) is 3.12. The molecule has 1 aromatic carbocycles. The minimum absolute atomic E-state index is 0.213. The van der Waals surface area contributed by atoms with Gasteiger partial charge in [-0.3, -0.25) is 9.79 Å². The highest BCUT2D eigenvalue weighted by molar-refractivity contribution is 5.94. The van der Waals surface area contributed by atoms with Crippen molar-refractivity contribution in [3.05, 3.63) is 71.5 Å². The van der Waals surface area contributed by atoms with Crippen LogP contribution in [0, 0.1) is 5.82 Å². The summed E-state index contributed by atoms with van der Waals surface area (Å²) in [6.45, 7) is 4.42. The van der Waals surface area contributed by atoms with Crippen LogP contribution < -0.4 is 5.32 Å². The topological polar surface area (TPSA) is 59.3 Å². The standard InChI is InChI=1S/C21H20F4N4O/c1-13(21(23,24)25)10-11-26-14(2)20(30)28-17-7-5-9-18-15(17)12-27-29(18)19-8-4-3-6-16(19)22/h3-4,6,8,10-12,17H,2,5,7,9H2,1H3,(H,28,30)/b13-10+,26-11?/t17-/m1/s1. The lowest BCUT2D eigenvalue weighted by molar-refractivity contribution is -0.118. The highest BCUT2D eigenvalue weighted by Gasteiger charge is 2.29. The van der Waals surface area contributed by atoms with Crippen molar-refractivity contribution in [3.63, 3.8) is 0 Å². The quantitative estimate of drug-likeness (QED) is 0.437. The van der Waals surface area contributed by atoms with E-state index in [1.165, 1.54) is 10.7 Å². The molecular formula is C21H20F4N4O. The van der Waals surface area contributed by atoms with Gasteiger partial charge in [0.05, 0.1) is 12.2 Å². The van der Waals surface area contributed by atoms with Crippen molar-refractivity contribution in [1.29, 1.82) is 0 Å². The Labute approximate surface area is 170 Å². The molecule has 0 bridgehead atoms. The zero-order valence-corrected chi connectivity index (χ0v) is 16.2. The van der Waals surface area contributed by atoms with E-state index in [4.69, 9.17) is 0 Å². The number of carbonyl (C=O) groups excluding carboxylic acids is 1. The summed E-state index contributed by atoms with van der Waals surface area (Å²) in [7, 11) is 0. The average molecular weight is 420 g/mol. The molecule has 0 spiro atoms. The fourth-order valence-electron chi connectivity index (χ4n) is 3.17. The third kappa shape index (κ3) is 4.67. The molecule has 1 aliphatic carbocycles. The summed E-state index contributed by atoms with van der Waals surface area (Å²) in [6.07, 6.45) is 0.881. The van der Waals surface area contributed by atoms with E-state index in [-0.39, 0.29) is 11.7 Å². The van der Waals surface area contributed by atoms with Gasteiger partial charge in [0.1, 0.15) is 17.2 Å². The van der Waals surface area contributed by atoms with Crippen molar-refractivity contribution in [2.45, 2.75) is 38.4 Å². The maximum atomic E-state index is 14.2. The highest BCUT2D eigenvalue weighted by atomic mass is 19.4. The summed E-state index contributed by atoms with van der Waals surface area (Å²) < 4.78 is 53.1. The third-order valence-electron chi connectivity index (χ3n) is 4.83. The van der Waals surface area contributed by atoms with Gasteiger partial charge in [0.25, 0.3) is 5.91 Å². The van der Waals surface area contributed by atoms with Gasteiger partial charge in [-0.25, -0.2) is 9.07 Å². The van der Waals surface area contributed by atoms with Gasteiger partial charge in [-0.2, -0.15) is 18.3 Å². The number of allylic oxidation sites excluding steroid dienone is 2. The number of carbonyl (C=O) groups is 1. The molecule has 1 heterocycles. The predicted octanol–water partition coefficient (Wildman–Crippen LogP) is 4.60. The molecule has 9 heteroatoms. The SMILES string of the molecule is C=C(N=C/C=C(\C)C(F)(F)F)C(=O)N[C@@H]1CCCc2c1cnn2-c1ccccc1F. The molecule has 0 fully saturated rings. The predicted molar refractivity (Wildman–Crippen MR) is 105 cm³/mol. The van der Waals surface area contributed by atoms with Gasteiger partial charge in [-0.1, -0.05) is 18.7 Å². The number of para-hydroxylation sites is 1. The smallest absolute Gasteiger partial charge is 0.344 e. The number of fused-ring (bicyclic) bond motifs is 1. The molecule has 1 N–H and O–H groups in total. The number of halogens is 4. The number of hydrogen-bond acceptors (Lipinski definition) is 3. The van der Waals surface area contributed by atoms with E-state index in [2.05, 4.69) is 22.0 Å². The second-order valence-electron chi connectivity index (χ2n) is 6.90. The Hall–Kier alpha value is -3.23. The van der Waals surface area contributed by atoms with E-state index >= 15 is 0 Å². The normalized spacial score (nSPS) is 17.1. The molecule has 5 nitrogen and oxygen atoms in total. The molecule has 0 saturated carbocycles. The van der Waals surface area contributed by atoms with E-state index in [0.29, 0.717) is 18.5 Å². The first-order valence-corrected chi connectivity index (χ1v) is 9.28. The van der Waals surface area contributed by atoms with Crippen LogP contribution in [0.2, 0.25) is 0 Å². The van der Waals surface area contributed by atoms with Crippen molar-refractivity contribution >= 4 is 12.1 Å². The molecule has 0 radical (unpaired) electrons. The number of aliphatic imine (C=N–C) groups is 1. The molecular weight excluding hydrogens is 400 g/mol. The van der Waals surface area contributed by atoms with E-state index in [1.54, 1.807) is 24.4 Å². The summed E-state index contributed by atoms with van der Waals surface area (Å²) in [5.41, 5.74) is 0.843. The van der Waals surface area contributed by atoms with E-state index in [9.17, 15) is 22.4 Å². The first-order chi connectivity index (χ1) is 14.2. The van der Waals surface area contributed by atoms with E-state index < -0.39 is 23.5 Å². The van der Waals surface area contributed by atoms with Crippen molar-refractivity contribution in [2.75, 3.05) is 0 Å². The Kier molecular flexibility index (Phi) is 6.19. The second-order valence-corrected chi connectivity index (χ2v) is 6.90. The maximum Gasteiger partial charge on any atom is 0.412 e. The minimum atomic E-state index is -4.45. The Morgan fingerprint density at radius 1 is 1.37 bits per heavy atom. The number of alkyl halides is 3. The summed E-state index contributed by atoms with van der Waals surface area (Å²) >= 11 is 0. The number of amides is 1. The summed E-state index contributed by atoms with van der Waals surface area (Å²) in [5.74, 6) is -1.000. The van der Waals surface area contributed by atoms with Crippen molar-refractivity contribution in [3.8, 4) is 5.69 Å². The summed E-state index contributed by atoms with van der Waals surface area (Å²) in [4.78, 5) is 16.1. The molecule has 1 aromatic heterocycles. The molecule has 1 atom stereocenters. The number of nitrogens with zero attached hydrogens (tertiary/aromatic N) is 3. The Morgan fingerprint density at radius 3 is 2.80 bits per heavy atom. The van der Waals surface area contributed by atoms with Crippen LogP contribution in [-0.4, -0.2) is 28.1 Å². The van der Waals surface area contributed by atoms with E-state index in [0.717, 1.165) is 36.9 Å². The van der Waals surface area contributed by atoms with E-state index in [1.807, 2.05) is 0 Å². The fraction of sp³-hybridized carbons (Fsp3) is 0.286. The lowest BCUT2D eigenvalue weighted by Crippen LogP contribution is -2.31. The third-order valence-corrected chi connectivity index (χ3v) is 4.83. The molecule has 30 heavy (non-hydrogen) atoms. The lowest BCUT2D eigenvalue weighted by atomic mass is 9.92. The summed E-state index contributed by atoms with van der Waals surface area (Å²) in [5, 5.41) is 7.06. The van der Waals surface area contributed by atoms with Crippen LogP contribution >= 0.6 is 0 Å². The van der Waals surface area contributed by atoms with Crippen LogP contribution in [0.25, 0.3) is 5.69 Å². The Balaban J connectivity index is 1.73. The largest absolute Gasteiger partial charge is 0.412 e. The van der Waals surface area contributed by atoms with Gasteiger partial charge in [-0.15, -0.1) is 0 Å². The minimum Gasteiger partial charge on any atom is -0.344 e. The maximum absolute atomic E-state index is 14.2. The van der Waals surface area contributed by atoms with Crippen molar-refractivity contribution < 1.29 is 22.4 Å². The zero-order chi connectivity index (χ0) is 21.9. The first-order valence-electron chi connectivity index (χ1n) is 9.28. The van der Waals surface area contributed by atoms with Crippen LogP contribution in [-0.2, 0) is 11.2 Å². The van der Waals surface area contributed by atoms with Gasteiger partial charge in [0.2, 0.25) is 0 Å². The number of hydrogen-bond donors (Lipinski definition) is 1. The number of benzene rings is 1. The van der Waals surface area contributed by atoms with Crippen LogP contribution in [0.4, 0.5) is 17.6 Å². The number of nitrogens with one attached hydrogen (secondary N) is 1. The van der Waals surface area contributed by atoms with Gasteiger partial charge in [-0.05, 0) is 44.4 Å². The van der Waals surface area contributed by atoms with Crippen LogP contribution in [0.3, 0.4) is 0 Å². The molecule has 0 saturated heterocycles. The molecule has 3 rings (SSSR count). The lowest BCUT2D eigenvalue weighted by Gasteiger charge is -2.24. The molecule has 1 aliphatic rings. The van der Waals surface area contributed by atoms with Crippen molar-refractivity contribution in [1.82, 2.24) is 15.1 Å². The zero-order valence-electron chi connectivity index (χ0n) is 16.2. The van der Waals surface area contributed by atoms with Crippen molar-refractivity contribution in [2.24, 2.45) is 4.99 Å². The molecule has 0 unspecified atom stereocenters. The van der Waals surface area contributed by atoms with Crippen LogP contribution in [0.1, 0.15) is 37.1 Å². The summed E-state index contributed by atoms with van der Waals surface area (Å²) in [6, 6.07) is 5.90. The van der Waals surface area contributed by atoms with Gasteiger partial charge in [0.15, 0.2) is 0 Å². The first kappa shape index (κ1) is 21.5. The Morgan fingerprint density at radius 2 is 2.10 bits per heavy atom. The Bertz CT molecular complexity index is 1020. The van der Waals surface area contributed by atoms with Gasteiger partial charge < -0.3 is 5.32 Å². The number of rotatable bonds is 5. The highest BCUT2D eigenvalue weighted by Crippen LogP contribution is 2.31. The molecule has 2 aromatic rings. The second kappa shape index (κ2) is 8.64. The van der Waals surface area contributed by atoms with Crippen LogP contribution in [0.15, 0.2) is 59.4 Å². The van der Waals surface area contributed by atoms with Gasteiger partial charge >= 0.3 is 6.18 Å². The molecule has 0 aliphatic heterocycles. The molecule has 1 amide bonds. The fourth-order valence-corrected chi connectivity index (χ4v) is 3.17. The monoisotopic (exact) mass is 420 g/mol. The van der Waals surface area contributed by atoms with Crippen LogP contribution in [0.5, 0.6) is 0 Å². The molecule has 158 valence electrons. The number of aromatic nitrogens is 2. The van der Waals surface area contributed by atoms with Gasteiger partial charge in [0, 0.05) is 23.0 Å².